The molecule has 1 aliphatic heterocycles. The van der Waals surface area contributed by atoms with E-state index in [4.69, 9.17) is 16.3 Å². The largest absolute Gasteiger partial charge is 0.483 e. The normalized spacial score (nSPS) is 14.7. The molecule has 0 bridgehead atoms. The molecule has 3 aromatic carbocycles. The average molecular weight is 445 g/mol. The smallest absolute Gasteiger partial charge is 0.262 e. The topological polar surface area (TPSA) is 75.7 Å². The molecule has 1 aliphatic rings. The molecule has 30 heavy (non-hydrogen) atoms. The van der Waals surface area contributed by atoms with E-state index in [1.165, 1.54) is 16.4 Å². The van der Waals surface area contributed by atoms with Crippen molar-refractivity contribution >= 4 is 44.0 Å². The summed E-state index contributed by atoms with van der Waals surface area (Å²) in [5, 5.41) is 5.02. The number of sulfonamides is 1. The van der Waals surface area contributed by atoms with Crippen molar-refractivity contribution in [1.29, 1.82) is 0 Å². The third-order valence-corrected chi connectivity index (χ3v) is 7.27. The zero-order valence-corrected chi connectivity index (χ0v) is 17.7. The van der Waals surface area contributed by atoms with Gasteiger partial charge < -0.3 is 10.1 Å². The third kappa shape index (κ3) is 4.28. The number of anilines is 1. The molecule has 6 nitrogen and oxygen atoms in total. The lowest BCUT2D eigenvalue weighted by Crippen LogP contribution is -2.27. The lowest BCUT2D eigenvalue weighted by molar-refractivity contribution is -0.118. The number of hydrogen-bond acceptors (Lipinski definition) is 4. The van der Waals surface area contributed by atoms with E-state index >= 15 is 0 Å². The number of nitrogens with one attached hydrogen (secondary N) is 1. The van der Waals surface area contributed by atoms with Crippen LogP contribution in [-0.4, -0.2) is 38.3 Å². The molecule has 1 amide bonds. The molecule has 0 saturated carbocycles. The number of nitrogens with zero attached hydrogens (tertiary/aromatic N) is 1. The zero-order valence-electron chi connectivity index (χ0n) is 16.2. The molecule has 1 heterocycles. The molecule has 3 aromatic rings. The summed E-state index contributed by atoms with van der Waals surface area (Å²) in [7, 11) is -3.47. The van der Waals surface area contributed by atoms with Crippen LogP contribution in [0, 0.1) is 0 Å². The van der Waals surface area contributed by atoms with Gasteiger partial charge in [-0.25, -0.2) is 8.42 Å². The fourth-order valence-electron chi connectivity index (χ4n) is 3.49. The number of rotatable bonds is 6. The highest BCUT2D eigenvalue weighted by Crippen LogP contribution is 2.31. The van der Waals surface area contributed by atoms with E-state index in [2.05, 4.69) is 5.32 Å². The van der Waals surface area contributed by atoms with Crippen molar-refractivity contribution in [2.24, 2.45) is 0 Å². The molecular formula is C22H21ClN2O4S. The summed E-state index contributed by atoms with van der Waals surface area (Å²) in [6.45, 7) is 0.925. The molecule has 1 fully saturated rings. The Bertz CT molecular complexity index is 1170. The van der Waals surface area contributed by atoms with Crippen LogP contribution in [0.1, 0.15) is 12.8 Å². The van der Waals surface area contributed by atoms with E-state index in [-0.39, 0.29) is 17.4 Å². The van der Waals surface area contributed by atoms with Gasteiger partial charge in [0.2, 0.25) is 10.0 Å². The Morgan fingerprint density at radius 3 is 2.33 bits per heavy atom. The Morgan fingerprint density at radius 1 is 0.967 bits per heavy atom. The number of amides is 1. The fourth-order valence-corrected chi connectivity index (χ4v) is 5.23. The number of halogens is 1. The van der Waals surface area contributed by atoms with Crippen molar-refractivity contribution in [2.45, 2.75) is 17.7 Å². The number of hydrogen-bond donors (Lipinski definition) is 1. The van der Waals surface area contributed by atoms with E-state index in [1.807, 2.05) is 24.3 Å². The van der Waals surface area contributed by atoms with Crippen LogP contribution < -0.4 is 10.1 Å². The first-order chi connectivity index (χ1) is 14.4. The summed E-state index contributed by atoms with van der Waals surface area (Å²) in [5.41, 5.74) is 0.505. The number of ether oxygens (including phenoxy) is 1. The molecule has 4 rings (SSSR count). The van der Waals surface area contributed by atoms with Gasteiger partial charge in [-0.3, -0.25) is 4.79 Å². The minimum atomic E-state index is -3.47. The number of fused-ring (bicyclic) bond motifs is 1. The van der Waals surface area contributed by atoms with Crippen molar-refractivity contribution in [2.75, 3.05) is 25.0 Å². The quantitative estimate of drug-likeness (QED) is 0.615. The maximum absolute atomic E-state index is 12.6. The van der Waals surface area contributed by atoms with Gasteiger partial charge in [-0.2, -0.15) is 4.31 Å². The summed E-state index contributed by atoms with van der Waals surface area (Å²) in [6.07, 6.45) is 1.77. The Hall–Kier alpha value is -2.61. The first-order valence-corrected chi connectivity index (χ1v) is 11.5. The third-order valence-electron chi connectivity index (χ3n) is 5.03. The van der Waals surface area contributed by atoms with Gasteiger partial charge in [-0.15, -0.1) is 0 Å². The molecule has 0 spiro atoms. The summed E-state index contributed by atoms with van der Waals surface area (Å²) < 4.78 is 32.3. The number of carbonyl (C=O) groups excluding carboxylic acids is 1. The van der Waals surface area contributed by atoms with Gasteiger partial charge in [0.1, 0.15) is 5.75 Å². The molecule has 1 saturated heterocycles. The van der Waals surface area contributed by atoms with E-state index < -0.39 is 10.0 Å². The van der Waals surface area contributed by atoms with Crippen molar-refractivity contribution < 1.29 is 17.9 Å². The summed E-state index contributed by atoms with van der Waals surface area (Å²) in [6, 6.07) is 17.2. The molecule has 0 radical (unpaired) electrons. The molecule has 1 N–H and O–H groups in total. The molecule has 0 aliphatic carbocycles. The van der Waals surface area contributed by atoms with Gasteiger partial charge in [-0.1, -0.05) is 35.9 Å². The highest BCUT2D eigenvalue weighted by atomic mass is 35.5. The number of carbonyl (C=O) groups is 1. The second-order valence-electron chi connectivity index (χ2n) is 7.06. The Morgan fingerprint density at radius 2 is 1.63 bits per heavy atom. The Kier molecular flexibility index (Phi) is 5.94. The highest BCUT2D eigenvalue weighted by Gasteiger charge is 2.26. The van der Waals surface area contributed by atoms with E-state index in [0.717, 1.165) is 23.6 Å². The average Bonchev–Trinajstić information content (AvgIpc) is 3.30. The lowest BCUT2D eigenvalue weighted by atomic mass is 10.1. The van der Waals surface area contributed by atoms with Gasteiger partial charge in [0.25, 0.3) is 5.91 Å². The zero-order chi connectivity index (χ0) is 21.1. The molecule has 8 heteroatoms. The minimum absolute atomic E-state index is 0.181. The van der Waals surface area contributed by atoms with E-state index in [0.29, 0.717) is 29.5 Å². The first kappa shape index (κ1) is 20.7. The summed E-state index contributed by atoms with van der Waals surface area (Å²) in [4.78, 5) is 12.5. The van der Waals surface area contributed by atoms with Crippen LogP contribution in [0.25, 0.3) is 10.8 Å². The lowest BCUT2D eigenvalue weighted by Gasteiger charge is -2.15. The van der Waals surface area contributed by atoms with Gasteiger partial charge in [-0.05, 0) is 49.2 Å². The second-order valence-corrected chi connectivity index (χ2v) is 9.41. The molecule has 156 valence electrons. The fraction of sp³-hybridized carbons (Fsp3) is 0.227. The predicted octanol–water partition coefficient (Wildman–Crippen LogP) is 4.30. The second kappa shape index (κ2) is 8.63. The Balaban J connectivity index is 1.40. The van der Waals surface area contributed by atoms with Gasteiger partial charge >= 0.3 is 0 Å². The van der Waals surface area contributed by atoms with Crippen molar-refractivity contribution in [3.05, 3.63) is 65.7 Å². The minimum Gasteiger partial charge on any atom is -0.483 e. The standard InChI is InChI=1S/C22H21ClN2O4S/c23-20-11-12-21(19-6-2-1-5-18(19)20)29-15-22(26)24-16-7-9-17(10-8-16)30(27,28)25-13-3-4-14-25/h1-2,5-12H,3-4,13-15H2,(H,24,26). The van der Waals surface area contributed by atoms with Gasteiger partial charge in [0.15, 0.2) is 6.61 Å². The van der Waals surface area contributed by atoms with E-state index in [9.17, 15) is 13.2 Å². The van der Waals surface area contributed by atoms with Crippen LogP contribution in [0.15, 0.2) is 65.6 Å². The van der Waals surface area contributed by atoms with Crippen LogP contribution in [0.2, 0.25) is 5.02 Å². The van der Waals surface area contributed by atoms with Gasteiger partial charge in [0.05, 0.1) is 4.90 Å². The van der Waals surface area contributed by atoms with Crippen LogP contribution in [0.3, 0.4) is 0 Å². The predicted molar refractivity (Wildman–Crippen MR) is 118 cm³/mol. The maximum atomic E-state index is 12.6. The highest BCUT2D eigenvalue weighted by molar-refractivity contribution is 7.89. The number of benzene rings is 3. The van der Waals surface area contributed by atoms with Crippen LogP contribution >= 0.6 is 11.6 Å². The Labute approximate surface area is 180 Å². The van der Waals surface area contributed by atoms with Gasteiger partial charge in [0, 0.05) is 34.6 Å². The SMILES string of the molecule is O=C(COc1ccc(Cl)c2ccccc12)Nc1ccc(S(=O)(=O)N2CCCC2)cc1. The monoisotopic (exact) mass is 444 g/mol. The van der Waals surface area contributed by atoms with Crippen molar-refractivity contribution in [3.8, 4) is 5.75 Å². The summed E-state index contributed by atoms with van der Waals surface area (Å²) in [5.74, 6) is 0.224. The van der Waals surface area contributed by atoms with Crippen LogP contribution in [0.5, 0.6) is 5.75 Å². The first-order valence-electron chi connectivity index (χ1n) is 9.65. The van der Waals surface area contributed by atoms with Crippen molar-refractivity contribution in [1.82, 2.24) is 4.31 Å². The molecular weight excluding hydrogens is 424 g/mol. The van der Waals surface area contributed by atoms with E-state index in [1.54, 1.807) is 24.3 Å². The molecule has 0 aromatic heterocycles. The summed E-state index contributed by atoms with van der Waals surface area (Å²) >= 11 is 6.20. The van der Waals surface area contributed by atoms with Crippen molar-refractivity contribution in [3.63, 3.8) is 0 Å². The van der Waals surface area contributed by atoms with Crippen LogP contribution in [-0.2, 0) is 14.8 Å². The van der Waals surface area contributed by atoms with Crippen LogP contribution in [0.4, 0.5) is 5.69 Å². The molecule has 0 atom stereocenters. The molecule has 0 unspecified atom stereocenters. The maximum Gasteiger partial charge on any atom is 0.262 e.